The predicted octanol–water partition coefficient (Wildman–Crippen LogP) is 3.69. The molecule has 102 valence electrons. The zero-order chi connectivity index (χ0) is 13.1. The van der Waals surface area contributed by atoms with Crippen LogP contribution in [-0.2, 0) is 6.54 Å². The van der Waals surface area contributed by atoms with Crippen LogP contribution in [0.15, 0.2) is 30.3 Å². The first-order valence-corrected chi connectivity index (χ1v) is 7.97. The Morgan fingerprint density at radius 1 is 1.16 bits per heavy atom. The zero-order valence-electron chi connectivity index (χ0n) is 11.2. The molecule has 19 heavy (non-hydrogen) atoms. The third kappa shape index (κ3) is 3.16. The van der Waals surface area contributed by atoms with Gasteiger partial charge in [-0.15, -0.1) is 11.3 Å². The van der Waals surface area contributed by atoms with E-state index < -0.39 is 5.60 Å². The molecule has 1 aliphatic carbocycles. The summed E-state index contributed by atoms with van der Waals surface area (Å²) in [6.45, 7) is 1.59. The van der Waals surface area contributed by atoms with E-state index in [0.29, 0.717) is 0 Å². The van der Waals surface area contributed by atoms with E-state index in [4.69, 9.17) is 0 Å². The molecule has 3 rings (SSSR count). The van der Waals surface area contributed by atoms with Crippen molar-refractivity contribution in [1.29, 1.82) is 0 Å². The number of benzene rings is 1. The van der Waals surface area contributed by atoms with Gasteiger partial charge in [-0.1, -0.05) is 37.5 Å². The maximum absolute atomic E-state index is 10.4. The number of hydrogen-bond acceptors (Lipinski definition) is 3. The quantitative estimate of drug-likeness (QED) is 0.892. The van der Waals surface area contributed by atoms with Gasteiger partial charge in [0.2, 0.25) is 0 Å². The van der Waals surface area contributed by atoms with Gasteiger partial charge in [0.15, 0.2) is 0 Å². The number of nitrogens with one attached hydrogen (secondary N) is 1. The third-order valence-corrected chi connectivity index (χ3v) is 5.13. The summed E-state index contributed by atoms with van der Waals surface area (Å²) in [5.41, 5.74) is -0.463. The van der Waals surface area contributed by atoms with Gasteiger partial charge in [-0.3, -0.25) is 0 Å². The molecule has 1 fully saturated rings. The Bertz CT molecular complexity index is 509. The molecule has 0 atom stereocenters. The molecule has 2 nitrogen and oxygen atoms in total. The Kier molecular flexibility index (Phi) is 3.87. The van der Waals surface area contributed by atoms with Gasteiger partial charge in [0.25, 0.3) is 0 Å². The number of fused-ring (bicyclic) bond motifs is 1. The molecular formula is C16H21NOS. The summed E-state index contributed by atoms with van der Waals surface area (Å²) in [7, 11) is 0. The number of rotatable bonds is 4. The molecule has 1 aromatic carbocycles. The average Bonchev–Trinajstić information content (AvgIpc) is 2.82. The molecule has 1 aromatic heterocycles. The van der Waals surface area contributed by atoms with Gasteiger partial charge in [-0.2, -0.15) is 0 Å². The van der Waals surface area contributed by atoms with Crippen LogP contribution in [0, 0.1) is 0 Å². The first-order chi connectivity index (χ1) is 9.25. The topological polar surface area (TPSA) is 32.3 Å². The molecule has 3 heteroatoms. The Balaban J connectivity index is 1.57. The summed E-state index contributed by atoms with van der Waals surface area (Å²) in [6.07, 6.45) is 5.51. The van der Waals surface area contributed by atoms with Crippen molar-refractivity contribution in [3.63, 3.8) is 0 Å². The molecule has 0 aliphatic heterocycles. The van der Waals surface area contributed by atoms with E-state index in [0.717, 1.165) is 25.9 Å². The molecule has 1 aliphatic rings. The second-order valence-electron chi connectivity index (χ2n) is 5.64. The van der Waals surface area contributed by atoms with Crippen molar-refractivity contribution in [3.8, 4) is 0 Å². The number of aliphatic hydroxyl groups is 1. The van der Waals surface area contributed by atoms with Gasteiger partial charge < -0.3 is 10.4 Å². The minimum absolute atomic E-state index is 0.463. The minimum atomic E-state index is -0.463. The van der Waals surface area contributed by atoms with Gasteiger partial charge >= 0.3 is 0 Å². The van der Waals surface area contributed by atoms with E-state index in [-0.39, 0.29) is 0 Å². The van der Waals surface area contributed by atoms with E-state index in [2.05, 4.69) is 35.6 Å². The van der Waals surface area contributed by atoms with Gasteiger partial charge in [-0.05, 0) is 30.4 Å². The average molecular weight is 275 g/mol. The summed E-state index contributed by atoms with van der Waals surface area (Å²) in [5.74, 6) is 0. The van der Waals surface area contributed by atoms with Crippen LogP contribution in [0.3, 0.4) is 0 Å². The lowest BCUT2D eigenvalue weighted by Crippen LogP contribution is -2.41. The first-order valence-electron chi connectivity index (χ1n) is 7.16. The molecule has 2 N–H and O–H groups in total. The number of hydrogen-bond donors (Lipinski definition) is 2. The fourth-order valence-electron chi connectivity index (χ4n) is 2.93. The lowest BCUT2D eigenvalue weighted by molar-refractivity contribution is 0.00473. The van der Waals surface area contributed by atoms with E-state index in [9.17, 15) is 5.11 Å². The third-order valence-electron chi connectivity index (χ3n) is 4.01. The van der Waals surface area contributed by atoms with Gasteiger partial charge in [-0.25, -0.2) is 0 Å². The van der Waals surface area contributed by atoms with Gasteiger partial charge in [0.05, 0.1) is 5.60 Å². The van der Waals surface area contributed by atoms with Crippen molar-refractivity contribution in [3.05, 3.63) is 35.2 Å². The van der Waals surface area contributed by atoms with Gasteiger partial charge in [0.1, 0.15) is 0 Å². The van der Waals surface area contributed by atoms with E-state index in [1.165, 1.54) is 34.2 Å². The predicted molar refractivity (Wildman–Crippen MR) is 81.6 cm³/mol. The maximum Gasteiger partial charge on any atom is 0.0771 e. The molecule has 0 saturated heterocycles. The summed E-state index contributed by atoms with van der Waals surface area (Å²) in [6, 6.07) is 10.7. The second kappa shape index (κ2) is 5.61. The van der Waals surface area contributed by atoms with E-state index in [1.54, 1.807) is 0 Å². The van der Waals surface area contributed by atoms with Crippen LogP contribution in [0.4, 0.5) is 0 Å². The van der Waals surface area contributed by atoms with Crippen LogP contribution >= 0.6 is 11.3 Å². The normalized spacial score (nSPS) is 18.8. The Morgan fingerprint density at radius 3 is 2.74 bits per heavy atom. The molecule has 1 heterocycles. The summed E-state index contributed by atoms with van der Waals surface area (Å²) in [5, 5.41) is 15.2. The largest absolute Gasteiger partial charge is 0.389 e. The van der Waals surface area contributed by atoms with Crippen LogP contribution in [0.5, 0.6) is 0 Å². The fourth-order valence-corrected chi connectivity index (χ4v) is 3.96. The molecule has 1 saturated carbocycles. The van der Waals surface area contributed by atoms with Crippen LogP contribution in [-0.4, -0.2) is 17.3 Å². The van der Waals surface area contributed by atoms with Crippen molar-refractivity contribution in [2.75, 3.05) is 6.54 Å². The SMILES string of the molecule is OC1(CNCc2cc3ccccc3s2)CCCCC1. The molecule has 0 spiro atoms. The summed E-state index contributed by atoms with van der Waals surface area (Å²) < 4.78 is 1.34. The highest BCUT2D eigenvalue weighted by Gasteiger charge is 2.28. The highest BCUT2D eigenvalue weighted by Crippen LogP contribution is 2.28. The van der Waals surface area contributed by atoms with Crippen molar-refractivity contribution in [2.45, 2.75) is 44.2 Å². The van der Waals surface area contributed by atoms with E-state index >= 15 is 0 Å². The van der Waals surface area contributed by atoms with Crippen molar-refractivity contribution in [1.82, 2.24) is 5.32 Å². The molecule has 0 unspecified atom stereocenters. The van der Waals surface area contributed by atoms with Crippen molar-refractivity contribution < 1.29 is 5.11 Å². The van der Waals surface area contributed by atoms with Crippen LogP contribution in [0.25, 0.3) is 10.1 Å². The van der Waals surface area contributed by atoms with Gasteiger partial charge in [0, 0.05) is 22.7 Å². The minimum Gasteiger partial charge on any atom is -0.389 e. The standard InChI is InChI=1S/C16H21NOS/c18-16(8-4-1-5-9-16)12-17-11-14-10-13-6-2-3-7-15(13)19-14/h2-3,6-7,10,17-18H,1,4-5,8-9,11-12H2. The monoisotopic (exact) mass is 275 g/mol. The number of thiophene rings is 1. The maximum atomic E-state index is 10.4. The molecule has 2 aromatic rings. The van der Waals surface area contributed by atoms with E-state index in [1.807, 2.05) is 11.3 Å². The molecular weight excluding hydrogens is 254 g/mol. The highest BCUT2D eigenvalue weighted by atomic mass is 32.1. The fraction of sp³-hybridized carbons (Fsp3) is 0.500. The highest BCUT2D eigenvalue weighted by molar-refractivity contribution is 7.19. The first kappa shape index (κ1) is 13.1. The Morgan fingerprint density at radius 2 is 1.95 bits per heavy atom. The van der Waals surface area contributed by atoms with Crippen LogP contribution < -0.4 is 5.32 Å². The Labute approximate surface area is 118 Å². The Hall–Kier alpha value is -0.900. The zero-order valence-corrected chi connectivity index (χ0v) is 12.0. The molecule has 0 radical (unpaired) electrons. The molecule has 0 bridgehead atoms. The summed E-state index contributed by atoms with van der Waals surface area (Å²) >= 11 is 1.84. The lowest BCUT2D eigenvalue weighted by atomic mass is 9.85. The van der Waals surface area contributed by atoms with Crippen molar-refractivity contribution >= 4 is 21.4 Å². The van der Waals surface area contributed by atoms with Crippen LogP contribution in [0.1, 0.15) is 37.0 Å². The summed E-state index contributed by atoms with van der Waals surface area (Å²) in [4.78, 5) is 1.35. The van der Waals surface area contributed by atoms with Crippen molar-refractivity contribution in [2.24, 2.45) is 0 Å². The second-order valence-corrected chi connectivity index (χ2v) is 6.81. The molecule has 0 amide bonds. The lowest BCUT2D eigenvalue weighted by Gasteiger charge is -2.32. The van der Waals surface area contributed by atoms with Crippen LogP contribution in [0.2, 0.25) is 0 Å². The smallest absolute Gasteiger partial charge is 0.0771 e.